The van der Waals surface area contributed by atoms with E-state index in [1.807, 2.05) is 6.08 Å². The Morgan fingerprint density at radius 1 is 0.517 bits per heavy atom. The zero-order valence-corrected chi connectivity index (χ0v) is 36.3. The number of carbonyl (C=O) groups is 3. The molecule has 4 N–H and O–H groups in total. The highest BCUT2D eigenvalue weighted by atomic mass is 16.5. The first-order valence-corrected chi connectivity index (χ1v) is 22.4. The van der Waals surface area contributed by atoms with Crippen LogP contribution < -0.4 is 11.1 Å². The van der Waals surface area contributed by atoms with E-state index in [4.69, 9.17) is 10.5 Å². The van der Waals surface area contributed by atoms with Gasteiger partial charge in [0.1, 0.15) is 12.1 Å². The Kier molecular flexibility index (Phi) is 40.7. The van der Waals surface area contributed by atoms with Gasteiger partial charge in [-0.15, -0.1) is 0 Å². The Bertz CT molecular complexity index is 1310. The van der Waals surface area contributed by atoms with E-state index >= 15 is 0 Å². The third kappa shape index (κ3) is 40.0. The molecule has 0 aliphatic rings. The smallest absolute Gasteiger partial charge is 0.326 e. The maximum Gasteiger partial charge on any atom is 0.326 e. The second-order valence-electron chi connectivity index (χ2n) is 14.3. The maximum absolute atomic E-state index is 12.8. The number of hydrogen-bond donors (Lipinski definition) is 3. The van der Waals surface area contributed by atoms with Crippen LogP contribution >= 0.6 is 0 Å². The molecule has 0 aliphatic carbocycles. The van der Waals surface area contributed by atoms with Crippen molar-refractivity contribution in [2.45, 2.75) is 174 Å². The van der Waals surface area contributed by atoms with E-state index < -0.39 is 12.0 Å². The number of esters is 1. The first-order valence-electron chi connectivity index (χ1n) is 22.4. The Hall–Kier alpha value is -4.23. The van der Waals surface area contributed by atoms with E-state index in [1.54, 1.807) is 0 Å². The van der Waals surface area contributed by atoms with Crippen molar-refractivity contribution in [1.82, 2.24) is 5.32 Å². The molecular formula is C51H80N2O5. The second kappa shape index (κ2) is 43.9. The number of amides is 1. The van der Waals surface area contributed by atoms with Gasteiger partial charge in [0, 0.05) is 12.8 Å². The summed E-state index contributed by atoms with van der Waals surface area (Å²) in [6.45, 7) is 4.69. The molecule has 58 heavy (non-hydrogen) atoms. The van der Waals surface area contributed by atoms with Gasteiger partial charge in [-0.25, -0.2) is 4.79 Å². The molecule has 0 fully saturated rings. The largest absolute Gasteiger partial charge is 0.480 e. The predicted octanol–water partition coefficient (Wildman–Crippen LogP) is 13.0. The SMILES string of the molecule is CC/C=C\C/C=C\C/C=C\C/C=C\C/C=C\C/C=C\CCCCC(=O)OC(/C=C\C/C=C\C/C=C\C/C=C\CC)CCCCCCCC(=O)NC(CCCN)C(=O)O. The number of rotatable bonds is 38. The molecule has 0 heterocycles. The third-order valence-electron chi connectivity index (χ3n) is 9.01. The van der Waals surface area contributed by atoms with Gasteiger partial charge in [-0.05, 0) is 128 Å². The summed E-state index contributed by atoms with van der Waals surface area (Å²) in [5.41, 5.74) is 5.48. The number of carboxylic acid groups (broad SMARTS) is 1. The summed E-state index contributed by atoms with van der Waals surface area (Å²) < 4.78 is 5.91. The number of nitrogens with two attached hydrogens (primary N) is 1. The Morgan fingerprint density at radius 2 is 0.948 bits per heavy atom. The fourth-order valence-electron chi connectivity index (χ4n) is 5.71. The molecule has 0 saturated carbocycles. The highest BCUT2D eigenvalue weighted by molar-refractivity contribution is 5.83. The van der Waals surface area contributed by atoms with Gasteiger partial charge < -0.3 is 20.9 Å². The molecule has 0 aromatic rings. The van der Waals surface area contributed by atoms with E-state index in [1.165, 1.54) is 0 Å². The topological polar surface area (TPSA) is 119 Å². The summed E-state index contributed by atoms with van der Waals surface area (Å²) in [6.07, 6.45) is 62.6. The van der Waals surface area contributed by atoms with E-state index in [9.17, 15) is 19.5 Å². The lowest BCUT2D eigenvalue weighted by Gasteiger charge is -2.15. The summed E-state index contributed by atoms with van der Waals surface area (Å²) in [5.74, 6) is -1.40. The van der Waals surface area contributed by atoms with Crippen molar-refractivity contribution in [3.8, 4) is 0 Å². The van der Waals surface area contributed by atoms with Gasteiger partial charge in [0.25, 0.3) is 0 Å². The minimum atomic E-state index is -1.02. The number of hydrogen-bond acceptors (Lipinski definition) is 5. The molecule has 7 heteroatoms. The van der Waals surface area contributed by atoms with Crippen molar-refractivity contribution in [2.75, 3.05) is 6.54 Å². The molecule has 0 saturated heterocycles. The fourth-order valence-corrected chi connectivity index (χ4v) is 5.71. The van der Waals surface area contributed by atoms with Crippen LogP contribution in [-0.2, 0) is 19.1 Å². The van der Waals surface area contributed by atoms with Crippen LogP contribution in [0.3, 0.4) is 0 Å². The molecule has 2 unspecified atom stereocenters. The van der Waals surface area contributed by atoms with Gasteiger partial charge in [-0.2, -0.15) is 0 Å². The van der Waals surface area contributed by atoms with Crippen LogP contribution in [0.5, 0.6) is 0 Å². The number of unbranched alkanes of at least 4 members (excludes halogenated alkanes) is 6. The minimum Gasteiger partial charge on any atom is -0.480 e. The molecule has 7 nitrogen and oxygen atoms in total. The van der Waals surface area contributed by atoms with E-state index in [0.29, 0.717) is 38.6 Å². The average molecular weight is 801 g/mol. The molecule has 0 rings (SSSR count). The lowest BCUT2D eigenvalue weighted by Crippen LogP contribution is -2.40. The molecule has 0 aromatic carbocycles. The normalized spacial score (nSPS) is 13.8. The Labute approximate surface area is 353 Å². The number of ether oxygens (including phenoxy) is 1. The van der Waals surface area contributed by atoms with Gasteiger partial charge in [-0.3, -0.25) is 9.59 Å². The molecule has 0 aromatic heterocycles. The zero-order chi connectivity index (χ0) is 42.4. The monoisotopic (exact) mass is 801 g/mol. The lowest BCUT2D eigenvalue weighted by molar-refractivity contribution is -0.147. The zero-order valence-electron chi connectivity index (χ0n) is 36.3. The molecule has 1 amide bonds. The van der Waals surface area contributed by atoms with Crippen molar-refractivity contribution in [1.29, 1.82) is 0 Å². The quantitative estimate of drug-likeness (QED) is 0.0325. The van der Waals surface area contributed by atoms with Crippen LogP contribution in [0.2, 0.25) is 0 Å². The van der Waals surface area contributed by atoms with Crippen LogP contribution in [0.4, 0.5) is 0 Å². The summed E-state index contributed by atoms with van der Waals surface area (Å²) in [7, 11) is 0. The molecule has 2 atom stereocenters. The molecule has 0 bridgehead atoms. The van der Waals surface area contributed by atoms with Crippen LogP contribution in [0, 0.1) is 0 Å². The van der Waals surface area contributed by atoms with Crippen LogP contribution in [0.15, 0.2) is 122 Å². The van der Waals surface area contributed by atoms with Crippen LogP contribution in [0.1, 0.15) is 162 Å². The average Bonchev–Trinajstić information content (AvgIpc) is 3.21. The van der Waals surface area contributed by atoms with E-state index in [0.717, 1.165) is 116 Å². The minimum absolute atomic E-state index is 0.146. The Balaban J connectivity index is 4.50. The van der Waals surface area contributed by atoms with Crippen molar-refractivity contribution in [2.24, 2.45) is 5.73 Å². The molecule has 0 aliphatic heterocycles. The molecule has 0 radical (unpaired) electrons. The van der Waals surface area contributed by atoms with Crippen LogP contribution in [-0.4, -0.2) is 41.6 Å². The predicted molar refractivity (Wildman–Crippen MR) is 247 cm³/mol. The van der Waals surface area contributed by atoms with Crippen molar-refractivity contribution in [3.05, 3.63) is 122 Å². The number of carbonyl (C=O) groups excluding carboxylic acids is 2. The number of allylic oxidation sites excluding steroid dienone is 19. The third-order valence-corrected chi connectivity index (χ3v) is 9.01. The van der Waals surface area contributed by atoms with Gasteiger partial charge in [-0.1, -0.05) is 149 Å². The molecule has 0 spiro atoms. The first kappa shape index (κ1) is 53.8. The first-order chi connectivity index (χ1) is 28.4. The van der Waals surface area contributed by atoms with Gasteiger partial charge in [0.15, 0.2) is 0 Å². The highest BCUT2D eigenvalue weighted by Gasteiger charge is 2.18. The molecular weight excluding hydrogens is 721 g/mol. The van der Waals surface area contributed by atoms with Crippen molar-refractivity contribution in [3.63, 3.8) is 0 Å². The van der Waals surface area contributed by atoms with Crippen molar-refractivity contribution >= 4 is 17.8 Å². The van der Waals surface area contributed by atoms with E-state index in [-0.39, 0.29) is 18.0 Å². The lowest BCUT2D eigenvalue weighted by atomic mass is 10.1. The van der Waals surface area contributed by atoms with E-state index in [2.05, 4.69) is 135 Å². The summed E-state index contributed by atoms with van der Waals surface area (Å²) in [6, 6.07) is -0.878. The van der Waals surface area contributed by atoms with Gasteiger partial charge in [0.2, 0.25) is 5.91 Å². The summed E-state index contributed by atoms with van der Waals surface area (Å²) in [4.78, 5) is 36.4. The highest BCUT2D eigenvalue weighted by Crippen LogP contribution is 2.14. The fraction of sp³-hybridized carbons (Fsp3) is 0.549. The van der Waals surface area contributed by atoms with Gasteiger partial charge >= 0.3 is 11.9 Å². The molecule has 324 valence electrons. The van der Waals surface area contributed by atoms with Crippen LogP contribution in [0.25, 0.3) is 0 Å². The summed E-state index contributed by atoms with van der Waals surface area (Å²) in [5, 5.41) is 11.9. The summed E-state index contributed by atoms with van der Waals surface area (Å²) >= 11 is 0. The standard InChI is InChI=1S/C51H80N2O5/c1-3-5-7-9-11-13-15-16-17-18-19-20-21-22-23-24-26-28-30-35-39-45-50(55)58-47(41-36-32-29-27-25-14-12-10-8-6-4-2)42-37-33-31-34-38-44-49(54)53-48(51(56)57)43-40-46-52/h5-8,11-14,16-17,19-20,22-23,26-29,36,41,47-48H,3-4,9-10,15,18,21,24-25,30-35,37-40,42-46,52H2,1-2H3,(H,53,54)(H,56,57)/b7-5-,8-6-,13-11-,14-12-,17-16-,20-19-,23-22-,28-26-,29-27-,41-36-. The second-order valence-corrected chi connectivity index (χ2v) is 14.3. The number of aliphatic carboxylic acids is 1. The Morgan fingerprint density at radius 3 is 1.43 bits per heavy atom. The van der Waals surface area contributed by atoms with Crippen molar-refractivity contribution < 1.29 is 24.2 Å². The number of carboxylic acids is 1. The number of nitrogens with one attached hydrogen (secondary N) is 1. The van der Waals surface area contributed by atoms with Gasteiger partial charge in [0.05, 0.1) is 0 Å². The maximum atomic E-state index is 12.8.